The Morgan fingerprint density at radius 1 is 1.30 bits per heavy atom. The smallest absolute Gasteiger partial charge is 0.194 e. The summed E-state index contributed by atoms with van der Waals surface area (Å²) in [6.07, 6.45) is 4.47. The molecule has 20 heavy (non-hydrogen) atoms. The van der Waals surface area contributed by atoms with Crippen molar-refractivity contribution in [1.29, 1.82) is 0 Å². The number of hydrogen-bond acceptors (Lipinski definition) is 2. The number of Topliss-reactive ketones (excluding diaryl/α,β-unsaturated/α-hetero) is 1. The van der Waals surface area contributed by atoms with Crippen molar-refractivity contribution in [3.05, 3.63) is 65.7 Å². The van der Waals surface area contributed by atoms with Crippen LogP contribution in [0.3, 0.4) is 0 Å². The number of rotatable bonds is 6. The van der Waals surface area contributed by atoms with Crippen LogP contribution in [0.1, 0.15) is 27.2 Å². The van der Waals surface area contributed by atoms with Crippen LogP contribution in [0.25, 0.3) is 0 Å². The van der Waals surface area contributed by atoms with Gasteiger partial charge in [-0.1, -0.05) is 25.2 Å². The summed E-state index contributed by atoms with van der Waals surface area (Å²) in [6, 6.07) is 5.54. The van der Waals surface area contributed by atoms with E-state index in [-0.39, 0.29) is 17.4 Å². The lowest BCUT2D eigenvalue weighted by molar-refractivity contribution is -0.115. The average Bonchev–Trinajstić information content (AvgIpc) is 2.39. The standard InChI is InChI=1S/C17H19FO2/c1-5-6-14(12(2)3)11-17(13(4)19)20-16-9-7-15(18)8-10-16/h6-11H,2,5H2,1,3-4H3/b14-6-,17-11+. The summed E-state index contributed by atoms with van der Waals surface area (Å²) >= 11 is 0. The third kappa shape index (κ3) is 4.84. The first kappa shape index (κ1) is 15.9. The highest BCUT2D eigenvalue weighted by Gasteiger charge is 2.08. The van der Waals surface area contributed by atoms with E-state index < -0.39 is 0 Å². The fourth-order valence-electron chi connectivity index (χ4n) is 1.55. The van der Waals surface area contributed by atoms with Gasteiger partial charge in [-0.2, -0.15) is 0 Å². The van der Waals surface area contributed by atoms with E-state index in [4.69, 9.17) is 4.74 Å². The van der Waals surface area contributed by atoms with Crippen LogP contribution in [0, 0.1) is 5.82 Å². The number of benzene rings is 1. The first-order valence-electron chi connectivity index (χ1n) is 6.46. The van der Waals surface area contributed by atoms with Crippen LogP contribution in [0.15, 0.2) is 59.9 Å². The maximum atomic E-state index is 12.8. The van der Waals surface area contributed by atoms with Gasteiger partial charge in [0.2, 0.25) is 0 Å². The van der Waals surface area contributed by atoms with E-state index in [9.17, 15) is 9.18 Å². The molecule has 1 aromatic rings. The van der Waals surface area contributed by atoms with E-state index in [1.54, 1.807) is 6.08 Å². The molecule has 0 aliphatic carbocycles. The number of carbonyl (C=O) groups is 1. The van der Waals surface area contributed by atoms with Gasteiger partial charge in [0.25, 0.3) is 0 Å². The van der Waals surface area contributed by atoms with E-state index >= 15 is 0 Å². The Balaban J connectivity index is 3.05. The minimum absolute atomic E-state index is 0.197. The van der Waals surface area contributed by atoms with Crippen molar-refractivity contribution in [2.24, 2.45) is 0 Å². The lowest BCUT2D eigenvalue weighted by Crippen LogP contribution is -2.06. The van der Waals surface area contributed by atoms with Gasteiger partial charge in [-0.3, -0.25) is 4.79 Å². The minimum Gasteiger partial charge on any atom is -0.454 e. The fraction of sp³-hybridized carbons (Fsp3) is 0.235. The number of ether oxygens (including phenoxy) is 1. The molecular formula is C17H19FO2. The highest BCUT2D eigenvalue weighted by Crippen LogP contribution is 2.18. The molecule has 0 radical (unpaired) electrons. The van der Waals surface area contributed by atoms with Gasteiger partial charge in [0, 0.05) is 6.92 Å². The molecule has 0 unspecified atom stereocenters. The number of hydrogen-bond donors (Lipinski definition) is 0. The molecule has 1 aromatic carbocycles. The van der Waals surface area contributed by atoms with Crippen LogP contribution in [0.5, 0.6) is 5.75 Å². The maximum absolute atomic E-state index is 12.8. The van der Waals surface area contributed by atoms with Crippen LogP contribution in [0.2, 0.25) is 0 Å². The molecule has 0 aliphatic heterocycles. The van der Waals surface area contributed by atoms with Gasteiger partial charge < -0.3 is 4.74 Å². The molecule has 0 aliphatic rings. The third-order valence-electron chi connectivity index (χ3n) is 2.59. The molecule has 0 amide bonds. The molecule has 3 heteroatoms. The average molecular weight is 274 g/mol. The summed E-state index contributed by atoms with van der Waals surface area (Å²) in [4.78, 5) is 11.7. The summed E-state index contributed by atoms with van der Waals surface area (Å²) < 4.78 is 18.4. The molecule has 0 spiro atoms. The molecule has 2 nitrogen and oxygen atoms in total. The highest BCUT2D eigenvalue weighted by molar-refractivity contribution is 5.92. The normalized spacial score (nSPS) is 12.2. The zero-order valence-electron chi connectivity index (χ0n) is 12.1. The van der Waals surface area contributed by atoms with E-state index in [0.717, 1.165) is 17.6 Å². The molecule has 0 atom stereocenters. The molecule has 0 aromatic heterocycles. The van der Waals surface area contributed by atoms with E-state index in [1.165, 1.54) is 31.2 Å². The van der Waals surface area contributed by atoms with Gasteiger partial charge in [-0.15, -0.1) is 0 Å². The first-order valence-corrected chi connectivity index (χ1v) is 6.46. The number of allylic oxidation sites excluding steroid dienone is 5. The van der Waals surface area contributed by atoms with E-state index in [0.29, 0.717) is 5.75 Å². The van der Waals surface area contributed by atoms with Gasteiger partial charge >= 0.3 is 0 Å². The molecule has 0 saturated heterocycles. The Kier molecular flexibility index (Phi) is 5.91. The maximum Gasteiger partial charge on any atom is 0.194 e. The Hall–Kier alpha value is -2.16. The van der Waals surface area contributed by atoms with E-state index in [1.807, 2.05) is 19.9 Å². The predicted octanol–water partition coefficient (Wildman–Crippen LogP) is 4.59. The second kappa shape index (κ2) is 7.43. The largest absolute Gasteiger partial charge is 0.454 e. The van der Waals surface area contributed by atoms with Crippen molar-refractivity contribution in [2.75, 3.05) is 0 Å². The molecular weight excluding hydrogens is 255 g/mol. The zero-order valence-corrected chi connectivity index (χ0v) is 12.1. The molecule has 0 fully saturated rings. The van der Waals surface area contributed by atoms with Crippen molar-refractivity contribution in [3.63, 3.8) is 0 Å². The van der Waals surface area contributed by atoms with Crippen molar-refractivity contribution in [3.8, 4) is 5.75 Å². The first-order chi connectivity index (χ1) is 9.43. The predicted molar refractivity (Wildman–Crippen MR) is 79.0 cm³/mol. The van der Waals surface area contributed by atoms with Gasteiger partial charge in [-0.25, -0.2) is 4.39 Å². The van der Waals surface area contributed by atoms with Crippen molar-refractivity contribution in [1.82, 2.24) is 0 Å². The number of ketones is 1. The summed E-state index contributed by atoms with van der Waals surface area (Å²) in [5.41, 5.74) is 1.72. The SMILES string of the molecule is C=C(C)C(=C\CC)/C=C(/Oc1ccc(F)cc1)C(C)=O. The minimum atomic E-state index is -0.348. The Morgan fingerprint density at radius 2 is 1.90 bits per heavy atom. The van der Waals surface area contributed by atoms with Gasteiger partial charge in [0.1, 0.15) is 11.6 Å². The van der Waals surface area contributed by atoms with Crippen LogP contribution < -0.4 is 4.74 Å². The summed E-state index contributed by atoms with van der Waals surface area (Å²) in [5.74, 6) is 0.0847. The highest BCUT2D eigenvalue weighted by atomic mass is 19.1. The topological polar surface area (TPSA) is 26.3 Å². The Morgan fingerprint density at radius 3 is 2.35 bits per heavy atom. The van der Waals surface area contributed by atoms with Crippen molar-refractivity contribution < 1.29 is 13.9 Å². The quantitative estimate of drug-likeness (QED) is 0.431. The van der Waals surface area contributed by atoms with Crippen LogP contribution in [0.4, 0.5) is 4.39 Å². The summed E-state index contributed by atoms with van der Waals surface area (Å²) in [6.45, 7) is 9.18. The van der Waals surface area contributed by atoms with Crippen LogP contribution in [-0.4, -0.2) is 5.78 Å². The van der Waals surface area contributed by atoms with Crippen LogP contribution in [-0.2, 0) is 4.79 Å². The second-order valence-electron chi connectivity index (χ2n) is 4.47. The molecule has 106 valence electrons. The second-order valence-corrected chi connectivity index (χ2v) is 4.47. The third-order valence-corrected chi connectivity index (χ3v) is 2.59. The summed E-state index contributed by atoms with van der Waals surface area (Å²) in [7, 11) is 0. The lowest BCUT2D eigenvalue weighted by atomic mass is 10.1. The van der Waals surface area contributed by atoms with Crippen molar-refractivity contribution >= 4 is 5.78 Å². The van der Waals surface area contributed by atoms with Gasteiger partial charge in [0.15, 0.2) is 11.5 Å². The molecule has 0 N–H and O–H groups in total. The zero-order chi connectivity index (χ0) is 15.1. The van der Waals surface area contributed by atoms with Crippen molar-refractivity contribution in [2.45, 2.75) is 27.2 Å². The fourth-order valence-corrected chi connectivity index (χ4v) is 1.55. The van der Waals surface area contributed by atoms with E-state index in [2.05, 4.69) is 6.58 Å². The number of carbonyl (C=O) groups excluding carboxylic acids is 1. The Bertz CT molecular complexity index is 551. The monoisotopic (exact) mass is 274 g/mol. The van der Waals surface area contributed by atoms with Gasteiger partial charge in [-0.05, 0) is 49.3 Å². The van der Waals surface area contributed by atoms with Crippen LogP contribution >= 0.6 is 0 Å². The summed E-state index contributed by atoms with van der Waals surface area (Å²) in [5, 5.41) is 0. The van der Waals surface area contributed by atoms with Gasteiger partial charge in [0.05, 0.1) is 0 Å². The number of halogens is 1. The molecule has 0 heterocycles. The lowest BCUT2D eigenvalue weighted by Gasteiger charge is -2.09. The molecule has 1 rings (SSSR count). The molecule has 0 bridgehead atoms. The Labute approximate surface area is 119 Å². The molecule has 0 saturated carbocycles.